The maximum Gasteiger partial charge on any atom is 0.145 e. The monoisotopic (exact) mass is 563 g/mol. The second-order valence-corrected chi connectivity index (χ2v) is 11.0. The summed E-state index contributed by atoms with van der Waals surface area (Å²) in [7, 11) is 0. The molecule has 2 nitrogen and oxygen atoms in total. The Labute approximate surface area is 257 Å². The van der Waals surface area contributed by atoms with Gasteiger partial charge in [0.1, 0.15) is 11.2 Å². The number of benzene rings is 7. The molecule has 2 heteroatoms. The summed E-state index contributed by atoms with van der Waals surface area (Å²) in [6, 6.07) is 62.0. The van der Waals surface area contributed by atoms with Crippen molar-refractivity contribution in [1.29, 1.82) is 0 Å². The Balaban J connectivity index is 1.35. The van der Waals surface area contributed by atoms with Gasteiger partial charge in [-0.05, 0) is 70.3 Å². The Hall–Kier alpha value is -5.86. The van der Waals surface area contributed by atoms with Crippen molar-refractivity contribution in [2.75, 3.05) is 4.90 Å². The molecule has 0 aliphatic rings. The summed E-state index contributed by atoms with van der Waals surface area (Å²) in [6.07, 6.45) is 0. The van der Waals surface area contributed by atoms with Crippen LogP contribution < -0.4 is 4.90 Å². The first-order chi connectivity index (χ1) is 21.8. The van der Waals surface area contributed by atoms with Gasteiger partial charge in [-0.1, -0.05) is 133 Å². The summed E-state index contributed by atoms with van der Waals surface area (Å²) in [5.41, 5.74) is 11.9. The van der Waals surface area contributed by atoms with E-state index in [2.05, 4.69) is 169 Å². The molecule has 44 heavy (non-hydrogen) atoms. The summed E-state index contributed by atoms with van der Waals surface area (Å²) >= 11 is 0. The number of hydrogen-bond acceptors (Lipinski definition) is 2. The van der Waals surface area contributed by atoms with Crippen molar-refractivity contribution >= 4 is 39.0 Å². The van der Waals surface area contributed by atoms with Crippen LogP contribution in [0, 0.1) is 0 Å². The molecule has 0 N–H and O–H groups in total. The SMILES string of the molecule is c1ccc(-c2ccc(N(c3ccc(-c4ccccc4)cc3)c3ccc4c(oc5ccccc54)c3-c3ccccc3)cc2)cc1. The molecule has 208 valence electrons. The summed E-state index contributed by atoms with van der Waals surface area (Å²) < 4.78 is 6.63. The molecule has 0 radical (unpaired) electrons. The number of rotatable bonds is 6. The number of fused-ring (bicyclic) bond motifs is 3. The van der Waals surface area contributed by atoms with E-state index in [9.17, 15) is 0 Å². The summed E-state index contributed by atoms with van der Waals surface area (Å²) in [4.78, 5) is 2.35. The van der Waals surface area contributed by atoms with Crippen LogP contribution in [-0.4, -0.2) is 0 Å². The van der Waals surface area contributed by atoms with Crippen LogP contribution in [0.15, 0.2) is 180 Å². The molecule has 8 aromatic rings. The second-order valence-electron chi connectivity index (χ2n) is 11.0. The van der Waals surface area contributed by atoms with E-state index in [-0.39, 0.29) is 0 Å². The highest BCUT2D eigenvalue weighted by molar-refractivity contribution is 6.13. The smallest absolute Gasteiger partial charge is 0.145 e. The molecule has 7 aromatic carbocycles. The number of furan rings is 1. The van der Waals surface area contributed by atoms with Gasteiger partial charge in [0.15, 0.2) is 0 Å². The van der Waals surface area contributed by atoms with Crippen LogP contribution in [0.4, 0.5) is 17.1 Å². The minimum absolute atomic E-state index is 0.890. The fourth-order valence-electron chi connectivity index (χ4n) is 6.14. The molecule has 0 saturated heterocycles. The first-order valence-electron chi connectivity index (χ1n) is 14.9. The molecule has 0 atom stereocenters. The average molecular weight is 564 g/mol. The van der Waals surface area contributed by atoms with E-state index in [1.54, 1.807) is 0 Å². The van der Waals surface area contributed by atoms with Crippen molar-refractivity contribution in [1.82, 2.24) is 0 Å². The highest BCUT2D eigenvalue weighted by Crippen LogP contribution is 2.46. The molecule has 0 bridgehead atoms. The van der Waals surface area contributed by atoms with Crippen molar-refractivity contribution in [3.8, 4) is 33.4 Å². The molecular formula is C42H29NO. The van der Waals surface area contributed by atoms with Gasteiger partial charge >= 0.3 is 0 Å². The lowest BCUT2D eigenvalue weighted by atomic mass is 9.98. The lowest BCUT2D eigenvalue weighted by Crippen LogP contribution is -2.11. The van der Waals surface area contributed by atoms with Gasteiger partial charge < -0.3 is 9.32 Å². The number of hydrogen-bond donors (Lipinski definition) is 0. The molecule has 0 spiro atoms. The van der Waals surface area contributed by atoms with Gasteiger partial charge in [-0.3, -0.25) is 0 Å². The van der Waals surface area contributed by atoms with Gasteiger partial charge in [0.2, 0.25) is 0 Å². The molecule has 0 aliphatic heterocycles. The molecule has 1 heterocycles. The van der Waals surface area contributed by atoms with Crippen LogP contribution >= 0.6 is 0 Å². The third kappa shape index (κ3) is 4.63. The summed E-state index contributed by atoms with van der Waals surface area (Å²) in [5, 5.41) is 2.24. The third-order valence-corrected chi connectivity index (χ3v) is 8.29. The van der Waals surface area contributed by atoms with E-state index >= 15 is 0 Å². The standard InChI is InChI=1S/C42H29NO/c1-4-12-30(13-5-1)32-20-24-35(25-21-32)43(36-26-22-33(23-27-36)31-14-6-2-7-15-31)39-29-28-38-37-18-10-11-19-40(37)44-42(38)41(39)34-16-8-3-9-17-34/h1-29H. The predicted molar refractivity (Wildman–Crippen MR) is 185 cm³/mol. The molecular weight excluding hydrogens is 534 g/mol. The Kier molecular flexibility index (Phi) is 6.51. The second kappa shape index (κ2) is 11.1. The summed E-state index contributed by atoms with van der Waals surface area (Å²) in [6.45, 7) is 0. The first-order valence-corrected chi connectivity index (χ1v) is 14.9. The maximum atomic E-state index is 6.63. The zero-order valence-electron chi connectivity index (χ0n) is 24.1. The van der Waals surface area contributed by atoms with Gasteiger partial charge in [0.05, 0.1) is 5.69 Å². The molecule has 0 amide bonds. The van der Waals surface area contributed by atoms with Gasteiger partial charge in [-0.2, -0.15) is 0 Å². The van der Waals surface area contributed by atoms with Gasteiger partial charge in [0, 0.05) is 27.7 Å². The van der Waals surface area contributed by atoms with Crippen LogP contribution in [0.2, 0.25) is 0 Å². The highest BCUT2D eigenvalue weighted by Gasteiger charge is 2.22. The lowest BCUT2D eigenvalue weighted by Gasteiger charge is -2.28. The fourth-order valence-corrected chi connectivity index (χ4v) is 6.14. The van der Waals surface area contributed by atoms with Crippen molar-refractivity contribution < 1.29 is 4.42 Å². The number of para-hydroxylation sites is 1. The number of anilines is 3. The van der Waals surface area contributed by atoms with Crippen LogP contribution in [-0.2, 0) is 0 Å². The van der Waals surface area contributed by atoms with E-state index < -0.39 is 0 Å². The normalized spacial score (nSPS) is 11.2. The molecule has 1 aromatic heterocycles. The Bertz CT molecular complexity index is 2100. The molecule has 0 aliphatic carbocycles. The predicted octanol–water partition coefficient (Wildman–Crippen LogP) is 12.1. The van der Waals surface area contributed by atoms with Gasteiger partial charge in [-0.25, -0.2) is 0 Å². The lowest BCUT2D eigenvalue weighted by molar-refractivity contribution is 0.670. The minimum atomic E-state index is 0.890. The van der Waals surface area contributed by atoms with Crippen LogP contribution in [0.5, 0.6) is 0 Å². The largest absolute Gasteiger partial charge is 0.455 e. The topological polar surface area (TPSA) is 16.4 Å². The van der Waals surface area contributed by atoms with Gasteiger partial charge in [0.25, 0.3) is 0 Å². The van der Waals surface area contributed by atoms with E-state index in [4.69, 9.17) is 4.42 Å². The van der Waals surface area contributed by atoms with Crippen molar-refractivity contribution in [2.45, 2.75) is 0 Å². The maximum absolute atomic E-state index is 6.63. The average Bonchev–Trinajstić information content (AvgIpc) is 3.49. The minimum Gasteiger partial charge on any atom is -0.455 e. The van der Waals surface area contributed by atoms with Crippen LogP contribution in [0.25, 0.3) is 55.3 Å². The van der Waals surface area contributed by atoms with Crippen molar-refractivity contribution in [3.63, 3.8) is 0 Å². The zero-order chi connectivity index (χ0) is 29.3. The highest BCUT2D eigenvalue weighted by atomic mass is 16.3. The van der Waals surface area contributed by atoms with E-state index in [1.165, 1.54) is 22.3 Å². The van der Waals surface area contributed by atoms with E-state index in [1.807, 2.05) is 12.1 Å². The molecule has 0 saturated carbocycles. The van der Waals surface area contributed by atoms with Crippen LogP contribution in [0.3, 0.4) is 0 Å². The Morgan fingerprint density at radius 2 is 0.795 bits per heavy atom. The first kappa shape index (κ1) is 25.8. The van der Waals surface area contributed by atoms with E-state index in [0.717, 1.165) is 50.1 Å². The molecule has 8 rings (SSSR count). The van der Waals surface area contributed by atoms with Gasteiger partial charge in [-0.15, -0.1) is 0 Å². The van der Waals surface area contributed by atoms with Crippen molar-refractivity contribution in [2.24, 2.45) is 0 Å². The number of nitrogens with zero attached hydrogens (tertiary/aromatic N) is 1. The Morgan fingerprint density at radius 3 is 1.34 bits per heavy atom. The quantitative estimate of drug-likeness (QED) is 0.200. The summed E-state index contributed by atoms with van der Waals surface area (Å²) in [5.74, 6) is 0. The fraction of sp³-hybridized carbons (Fsp3) is 0. The van der Waals surface area contributed by atoms with Crippen LogP contribution in [0.1, 0.15) is 0 Å². The molecule has 0 fully saturated rings. The third-order valence-electron chi connectivity index (χ3n) is 8.29. The Morgan fingerprint density at radius 1 is 0.341 bits per heavy atom. The van der Waals surface area contributed by atoms with E-state index in [0.29, 0.717) is 0 Å². The molecule has 0 unspecified atom stereocenters. The zero-order valence-corrected chi connectivity index (χ0v) is 24.1. The van der Waals surface area contributed by atoms with Crippen molar-refractivity contribution in [3.05, 3.63) is 176 Å².